The lowest BCUT2D eigenvalue weighted by Gasteiger charge is -2.40. The first-order chi connectivity index (χ1) is 10.5. The molecule has 1 saturated carbocycles. The number of aryl methyl sites for hydroxylation is 1. The number of ketones is 1. The van der Waals surface area contributed by atoms with Crippen LogP contribution in [0.4, 0.5) is 5.69 Å². The van der Waals surface area contributed by atoms with Crippen molar-refractivity contribution < 1.29 is 14.4 Å². The molecule has 0 N–H and O–H groups in total. The Labute approximate surface area is 140 Å². The monoisotopic (exact) mass is 379 g/mol. The molecular formula is C16H14BrNO3S. The van der Waals surface area contributed by atoms with Gasteiger partial charge in [0.25, 0.3) is 0 Å². The lowest BCUT2D eigenvalue weighted by atomic mass is 9.72. The van der Waals surface area contributed by atoms with Gasteiger partial charge < -0.3 is 0 Å². The maximum absolute atomic E-state index is 12.8. The highest BCUT2D eigenvalue weighted by atomic mass is 79.9. The lowest BCUT2D eigenvalue weighted by Crippen LogP contribution is -2.49. The van der Waals surface area contributed by atoms with Gasteiger partial charge >= 0.3 is 0 Å². The van der Waals surface area contributed by atoms with Crippen LogP contribution in [0.5, 0.6) is 0 Å². The third-order valence-electron chi connectivity index (χ3n) is 4.94. The number of hydrogen-bond acceptors (Lipinski definition) is 4. The summed E-state index contributed by atoms with van der Waals surface area (Å²) in [5.74, 6) is -0.539. The zero-order valence-electron chi connectivity index (χ0n) is 11.9. The number of thioether (sulfide) groups is 1. The summed E-state index contributed by atoms with van der Waals surface area (Å²) in [5.41, 5.74) is 1.59. The van der Waals surface area contributed by atoms with Crippen molar-refractivity contribution in [2.24, 2.45) is 17.8 Å². The third kappa shape index (κ3) is 1.86. The Morgan fingerprint density at radius 2 is 1.91 bits per heavy atom. The SMILES string of the molecule is Cc1cc(N2C(=O)[C@@H]3[C@H](C2=O)[C@@H]2CC(=O)[C@H]3CS2)ccc1Br. The molecule has 2 amide bonds. The first kappa shape index (κ1) is 14.5. The van der Waals surface area contributed by atoms with E-state index in [9.17, 15) is 14.4 Å². The molecule has 22 heavy (non-hydrogen) atoms. The largest absolute Gasteiger partial charge is 0.299 e. The molecule has 114 valence electrons. The van der Waals surface area contributed by atoms with Crippen LogP contribution >= 0.6 is 27.7 Å². The van der Waals surface area contributed by atoms with Crippen LogP contribution in [0, 0.1) is 24.7 Å². The predicted molar refractivity (Wildman–Crippen MR) is 87.7 cm³/mol. The summed E-state index contributed by atoms with van der Waals surface area (Å²) in [6.45, 7) is 1.93. The molecule has 4 fully saturated rings. The minimum Gasteiger partial charge on any atom is -0.299 e. The van der Waals surface area contributed by atoms with Gasteiger partial charge in [0.15, 0.2) is 0 Å². The fourth-order valence-electron chi connectivity index (χ4n) is 3.81. The van der Waals surface area contributed by atoms with Gasteiger partial charge in [-0.25, -0.2) is 4.90 Å². The zero-order valence-corrected chi connectivity index (χ0v) is 14.3. The number of amides is 2. The van der Waals surface area contributed by atoms with Gasteiger partial charge in [0, 0.05) is 27.8 Å². The van der Waals surface area contributed by atoms with Crippen molar-refractivity contribution in [2.75, 3.05) is 10.7 Å². The van der Waals surface area contributed by atoms with E-state index in [1.54, 1.807) is 17.8 Å². The van der Waals surface area contributed by atoms with E-state index in [2.05, 4.69) is 15.9 Å². The van der Waals surface area contributed by atoms with Gasteiger partial charge in [-0.2, -0.15) is 11.8 Å². The Morgan fingerprint density at radius 3 is 2.59 bits per heavy atom. The number of imide groups is 1. The summed E-state index contributed by atoms with van der Waals surface area (Å²) in [5, 5.41) is -0.0273. The summed E-state index contributed by atoms with van der Waals surface area (Å²) >= 11 is 5.10. The molecule has 1 aromatic rings. The van der Waals surface area contributed by atoms with E-state index in [1.165, 1.54) is 4.90 Å². The van der Waals surface area contributed by atoms with Crippen molar-refractivity contribution in [2.45, 2.75) is 18.6 Å². The molecule has 0 radical (unpaired) electrons. The molecule has 3 heterocycles. The molecule has 4 atom stereocenters. The molecule has 3 saturated heterocycles. The molecular weight excluding hydrogens is 366 g/mol. The van der Waals surface area contributed by atoms with Crippen molar-refractivity contribution >= 4 is 51.0 Å². The molecule has 4 nitrogen and oxygen atoms in total. The smallest absolute Gasteiger partial charge is 0.238 e. The van der Waals surface area contributed by atoms with E-state index in [1.807, 2.05) is 19.1 Å². The Kier molecular flexibility index (Phi) is 3.24. The number of carbonyl (C=O) groups is 3. The van der Waals surface area contributed by atoms with Gasteiger partial charge in [0.1, 0.15) is 5.78 Å². The molecule has 4 aliphatic rings. The van der Waals surface area contributed by atoms with Crippen LogP contribution in [0.2, 0.25) is 0 Å². The number of benzene rings is 1. The zero-order chi connectivity index (χ0) is 15.6. The summed E-state index contributed by atoms with van der Waals surface area (Å²) in [6, 6.07) is 5.47. The van der Waals surface area contributed by atoms with Crippen LogP contribution in [-0.2, 0) is 14.4 Å². The number of halogens is 1. The minimum absolute atomic E-state index is 0.0273. The van der Waals surface area contributed by atoms with Crippen molar-refractivity contribution in [1.29, 1.82) is 0 Å². The molecule has 2 bridgehead atoms. The van der Waals surface area contributed by atoms with Crippen LogP contribution < -0.4 is 4.90 Å². The second-order valence-electron chi connectivity index (χ2n) is 6.15. The molecule has 5 rings (SSSR count). The quantitative estimate of drug-likeness (QED) is 0.703. The molecule has 0 unspecified atom stereocenters. The van der Waals surface area contributed by atoms with E-state index < -0.39 is 5.92 Å². The summed E-state index contributed by atoms with van der Waals surface area (Å²) in [4.78, 5) is 39.0. The topological polar surface area (TPSA) is 54.5 Å². The van der Waals surface area contributed by atoms with Gasteiger partial charge in [-0.15, -0.1) is 0 Å². The van der Waals surface area contributed by atoms with Crippen LogP contribution in [0.15, 0.2) is 22.7 Å². The number of rotatable bonds is 1. The molecule has 0 aromatic heterocycles. The second-order valence-corrected chi connectivity index (χ2v) is 8.27. The maximum Gasteiger partial charge on any atom is 0.238 e. The normalized spacial score (nSPS) is 33.5. The number of anilines is 1. The number of hydrogen-bond donors (Lipinski definition) is 0. The highest BCUT2D eigenvalue weighted by molar-refractivity contribution is 9.10. The average molecular weight is 380 g/mol. The summed E-state index contributed by atoms with van der Waals surface area (Å²) in [6.07, 6.45) is 0.433. The first-order valence-electron chi connectivity index (χ1n) is 7.27. The Bertz CT molecular complexity index is 719. The van der Waals surface area contributed by atoms with Crippen molar-refractivity contribution in [3.05, 3.63) is 28.2 Å². The van der Waals surface area contributed by atoms with E-state index >= 15 is 0 Å². The van der Waals surface area contributed by atoms with Gasteiger partial charge in [-0.3, -0.25) is 14.4 Å². The van der Waals surface area contributed by atoms with Crippen molar-refractivity contribution in [3.8, 4) is 0 Å². The van der Waals surface area contributed by atoms with Crippen molar-refractivity contribution in [3.63, 3.8) is 0 Å². The highest BCUT2D eigenvalue weighted by Gasteiger charge is 2.61. The van der Waals surface area contributed by atoms with Gasteiger partial charge in [-0.05, 0) is 30.7 Å². The Morgan fingerprint density at radius 1 is 1.18 bits per heavy atom. The van der Waals surface area contributed by atoms with E-state index in [0.717, 1.165) is 10.0 Å². The van der Waals surface area contributed by atoms with Gasteiger partial charge in [-0.1, -0.05) is 15.9 Å². The molecule has 1 aliphatic carbocycles. The minimum atomic E-state index is -0.441. The Balaban J connectivity index is 1.77. The van der Waals surface area contributed by atoms with Crippen LogP contribution in [0.3, 0.4) is 0 Å². The number of Topliss-reactive ketones (excluding diaryl/α,β-unsaturated/α-hetero) is 1. The van der Waals surface area contributed by atoms with Crippen LogP contribution in [0.1, 0.15) is 12.0 Å². The number of carbonyl (C=O) groups excluding carboxylic acids is 3. The van der Waals surface area contributed by atoms with E-state index in [0.29, 0.717) is 17.9 Å². The fourth-order valence-corrected chi connectivity index (χ4v) is 5.68. The Hall–Kier alpha value is -1.14. The lowest BCUT2D eigenvalue weighted by molar-refractivity contribution is -0.134. The van der Waals surface area contributed by atoms with E-state index in [-0.39, 0.29) is 34.7 Å². The van der Waals surface area contributed by atoms with Crippen LogP contribution in [0.25, 0.3) is 0 Å². The average Bonchev–Trinajstić information content (AvgIpc) is 2.76. The molecule has 1 aromatic carbocycles. The standard InChI is InChI=1S/C16H14BrNO3S/c1-7-4-8(2-3-10(7)17)18-15(20)13-9-6-22-12(5-11(9)19)14(13)16(18)21/h2-4,9,12-14H,5-6H2,1H3/t9-,12+,13+,14-/m1/s1. The molecule has 0 spiro atoms. The second kappa shape index (κ2) is 4.93. The predicted octanol–water partition coefficient (Wildman–Crippen LogP) is 2.57. The van der Waals surface area contributed by atoms with E-state index in [4.69, 9.17) is 0 Å². The summed E-state index contributed by atoms with van der Waals surface area (Å²) < 4.78 is 0.943. The molecule has 6 heteroatoms. The third-order valence-corrected chi connectivity index (χ3v) is 7.27. The van der Waals surface area contributed by atoms with Gasteiger partial charge in [0.05, 0.1) is 17.5 Å². The highest BCUT2D eigenvalue weighted by Crippen LogP contribution is 2.51. The van der Waals surface area contributed by atoms with Crippen molar-refractivity contribution in [1.82, 2.24) is 0 Å². The number of nitrogens with zero attached hydrogens (tertiary/aromatic N) is 1. The summed E-state index contributed by atoms with van der Waals surface area (Å²) in [7, 11) is 0. The first-order valence-corrected chi connectivity index (χ1v) is 9.11. The number of fused-ring (bicyclic) bond motifs is 2. The van der Waals surface area contributed by atoms with Gasteiger partial charge in [0.2, 0.25) is 11.8 Å². The fraction of sp³-hybridized carbons (Fsp3) is 0.438. The maximum atomic E-state index is 12.8. The molecule has 3 aliphatic heterocycles. The van der Waals surface area contributed by atoms with Crippen LogP contribution in [-0.4, -0.2) is 28.6 Å².